The van der Waals surface area contributed by atoms with Gasteiger partial charge < -0.3 is 20.2 Å². The SMILES string of the molecule is COc1ccc(Cc2cnc(N)[nH]2)c(OC)c1. The van der Waals surface area contributed by atoms with Crippen LogP contribution in [-0.4, -0.2) is 24.2 Å². The second kappa shape index (κ2) is 4.78. The van der Waals surface area contributed by atoms with E-state index in [1.165, 1.54) is 0 Å². The van der Waals surface area contributed by atoms with E-state index in [4.69, 9.17) is 15.2 Å². The number of H-pyrrole nitrogens is 1. The Hall–Kier alpha value is -2.17. The number of aromatic amines is 1. The molecule has 2 aromatic rings. The highest BCUT2D eigenvalue weighted by Crippen LogP contribution is 2.26. The molecule has 0 amide bonds. The van der Waals surface area contributed by atoms with E-state index < -0.39 is 0 Å². The summed E-state index contributed by atoms with van der Waals surface area (Å²) in [6, 6.07) is 5.72. The molecule has 1 heterocycles. The van der Waals surface area contributed by atoms with Crippen LogP contribution in [-0.2, 0) is 6.42 Å². The van der Waals surface area contributed by atoms with Crippen molar-refractivity contribution in [3.8, 4) is 11.5 Å². The fourth-order valence-electron chi connectivity index (χ4n) is 1.67. The summed E-state index contributed by atoms with van der Waals surface area (Å²) in [7, 11) is 3.27. The van der Waals surface area contributed by atoms with Crippen LogP contribution in [0.25, 0.3) is 0 Å². The Morgan fingerprint density at radius 2 is 2.12 bits per heavy atom. The van der Waals surface area contributed by atoms with Crippen LogP contribution >= 0.6 is 0 Å². The number of anilines is 1. The summed E-state index contributed by atoms with van der Waals surface area (Å²) >= 11 is 0. The predicted molar refractivity (Wildman–Crippen MR) is 65.4 cm³/mol. The van der Waals surface area contributed by atoms with Crippen molar-refractivity contribution in [2.45, 2.75) is 6.42 Å². The van der Waals surface area contributed by atoms with E-state index in [2.05, 4.69) is 9.97 Å². The molecule has 1 aromatic carbocycles. The number of methoxy groups -OCH3 is 2. The van der Waals surface area contributed by atoms with Gasteiger partial charge >= 0.3 is 0 Å². The number of hydrogen-bond acceptors (Lipinski definition) is 4. The predicted octanol–water partition coefficient (Wildman–Crippen LogP) is 1.60. The molecule has 0 unspecified atom stereocenters. The van der Waals surface area contributed by atoms with E-state index in [9.17, 15) is 0 Å². The van der Waals surface area contributed by atoms with Crippen molar-refractivity contribution in [1.82, 2.24) is 9.97 Å². The van der Waals surface area contributed by atoms with Crippen LogP contribution in [0, 0.1) is 0 Å². The van der Waals surface area contributed by atoms with Crippen LogP contribution in [0.1, 0.15) is 11.3 Å². The Balaban J connectivity index is 2.26. The standard InChI is InChI=1S/C12H15N3O2/c1-16-10-4-3-8(11(6-10)17-2)5-9-7-14-12(13)15-9/h3-4,6-7H,5H2,1-2H3,(H3,13,14,15). The van der Waals surface area contributed by atoms with Crippen molar-refractivity contribution in [3.05, 3.63) is 35.7 Å². The molecule has 0 saturated heterocycles. The normalized spacial score (nSPS) is 10.2. The molecule has 0 bridgehead atoms. The average Bonchev–Trinajstić information content (AvgIpc) is 2.75. The summed E-state index contributed by atoms with van der Waals surface area (Å²) < 4.78 is 10.5. The molecule has 0 aliphatic heterocycles. The summed E-state index contributed by atoms with van der Waals surface area (Å²) in [6.07, 6.45) is 2.41. The van der Waals surface area contributed by atoms with Crippen molar-refractivity contribution in [2.24, 2.45) is 0 Å². The number of hydrogen-bond donors (Lipinski definition) is 2. The first-order chi connectivity index (χ1) is 8.22. The molecule has 0 fully saturated rings. The van der Waals surface area contributed by atoms with Gasteiger partial charge in [-0.2, -0.15) is 0 Å². The summed E-state index contributed by atoms with van der Waals surface area (Å²) in [5, 5.41) is 0. The molecule has 1 aromatic heterocycles. The van der Waals surface area contributed by atoms with Crippen LogP contribution in [0.2, 0.25) is 0 Å². The van der Waals surface area contributed by atoms with Gasteiger partial charge in [-0.25, -0.2) is 4.98 Å². The Morgan fingerprint density at radius 1 is 1.29 bits per heavy atom. The summed E-state index contributed by atoms with van der Waals surface area (Å²) in [5.74, 6) is 1.99. The van der Waals surface area contributed by atoms with Crippen LogP contribution in [0.3, 0.4) is 0 Å². The molecule has 0 radical (unpaired) electrons. The third kappa shape index (κ3) is 2.50. The van der Waals surface area contributed by atoms with Gasteiger partial charge in [0.25, 0.3) is 0 Å². The second-order valence-electron chi connectivity index (χ2n) is 3.65. The van der Waals surface area contributed by atoms with Crippen molar-refractivity contribution in [3.63, 3.8) is 0 Å². The highest BCUT2D eigenvalue weighted by atomic mass is 16.5. The molecule has 17 heavy (non-hydrogen) atoms. The van der Waals surface area contributed by atoms with Crippen LogP contribution in [0.5, 0.6) is 11.5 Å². The fourth-order valence-corrected chi connectivity index (χ4v) is 1.67. The molecule has 5 nitrogen and oxygen atoms in total. The maximum atomic E-state index is 5.53. The van der Waals surface area contributed by atoms with Crippen LogP contribution in [0.15, 0.2) is 24.4 Å². The lowest BCUT2D eigenvalue weighted by atomic mass is 10.1. The van der Waals surface area contributed by atoms with Crippen molar-refractivity contribution in [1.29, 1.82) is 0 Å². The summed E-state index contributed by atoms with van der Waals surface area (Å²) in [4.78, 5) is 6.94. The summed E-state index contributed by atoms with van der Waals surface area (Å²) in [5.41, 5.74) is 7.53. The van der Waals surface area contributed by atoms with E-state index in [-0.39, 0.29) is 0 Å². The molecule has 0 spiro atoms. The van der Waals surface area contributed by atoms with Gasteiger partial charge in [-0.15, -0.1) is 0 Å². The lowest BCUT2D eigenvalue weighted by Gasteiger charge is -2.09. The minimum absolute atomic E-state index is 0.424. The largest absolute Gasteiger partial charge is 0.497 e. The Morgan fingerprint density at radius 3 is 2.71 bits per heavy atom. The molecule has 0 aliphatic carbocycles. The van der Waals surface area contributed by atoms with E-state index in [1.807, 2.05) is 18.2 Å². The van der Waals surface area contributed by atoms with Gasteiger partial charge in [-0.05, 0) is 6.07 Å². The molecule has 0 saturated carbocycles. The van der Waals surface area contributed by atoms with E-state index in [0.717, 1.165) is 22.8 Å². The number of rotatable bonds is 4. The number of benzene rings is 1. The molecular weight excluding hydrogens is 218 g/mol. The Labute approximate surface area is 99.6 Å². The Kier molecular flexibility index (Phi) is 3.18. The minimum Gasteiger partial charge on any atom is -0.497 e. The molecule has 90 valence electrons. The van der Waals surface area contributed by atoms with Gasteiger partial charge in [0.2, 0.25) is 0 Å². The first-order valence-electron chi connectivity index (χ1n) is 5.23. The number of aromatic nitrogens is 2. The maximum Gasteiger partial charge on any atom is 0.197 e. The number of nitrogens with two attached hydrogens (primary N) is 1. The summed E-state index contributed by atoms with van der Waals surface area (Å²) in [6.45, 7) is 0. The topological polar surface area (TPSA) is 73.2 Å². The van der Waals surface area contributed by atoms with Crippen molar-refractivity contribution >= 4 is 5.95 Å². The van der Waals surface area contributed by atoms with Gasteiger partial charge in [-0.3, -0.25) is 0 Å². The maximum absolute atomic E-state index is 5.53. The van der Waals surface area contributed by atoms with E-state index >= 15 is 0 Å². The lowest BCUT2D eigenvalue weighted by Crippen LogP contribution is -1.95. The second-order valence-corrected chi connectivity index (χ2v) is 3.65. The number of nitrogens with one attached hydrogen (secondary N) is 1. The molecule has 0 aliphatic rings. The van der Waals surface area contributed by atoms with Gasteiger partial charge in [0.15, 0.2) is 5.95 Å². The average molecular weight is 233 g/mol. The third-order valence-corrected chi connectivity index (χ3v) is 2.52. The highest BCUT2D eigenvalue weighted by molar-refractivity contribution is 5.42. The quantitative estimate of drug-likeness (QED) is 0.841. The first-order valence-corrected chi connectivity index (χ1v) is 5.23. The monoisotopic (exact) mass is 233 g/mol. The molecule has 0 atom stereocenters. The fraction of sp³-hybridized carbons (Fsp3) is 0.250. The van der Waals surface area contributed by atoms with E-state index in [1.54, 1.807) is 20.4 Å². The number of nitrogens with zero attached hydrogens (tertiary/aromatic N) is 1. The van der Waals surface area contributed by atoms with Gasteiger partial charge in [0.1, 0.15) is 11.5 Å². The minimum atomic E-state index is 0.424. The zero-order valence-electron chi connectivity index (χ0n) is 9.86. The lowest BCUT2D eigenvalue weighted by molar-refractivity contribution is 0.391. The zero-order valence-corrected chi connectivity index (χ0v) is 9.86. The molecule has 2 rings (SSSR count). The number of nitrogen functional groups attached to an aromatic ring is 1. The van der Waals surface area contributed by atoms with Crippen molar-refractivity contribution in [2.75, 3.05) is 20.0 Å². The van der Waals surface area contributed by atoms with Gasteiger partial charge in [-0.1, -0.05) is 6.07 Å². The zero-order chi connectivity index (χ0) is 12.3. The van der Waals surface area contributed by atoms with Crippen molar-refractivity contribution < 1.29 is 9.47 Å². The third-order valence-electron chi connectivity index (χ3n) is 2.52. The van der Waals surface area contributed by atoms with Gasteiger partial charge in [0.05, 0.1) is 20.4 Å². The van der Waals surface area contributed by atoms with Gasteiger partial charge in [0, 0.05) is 23.7 Å². The molecule has 5 heteroatoms. The number of imidazole rings is 1. The number of ether oxygens (including phenoxy) is 2. The van der Waals surface area contributed by atoms with Crippen LogP contribution in [0.4, 0.5) is 5.95 Å². The first kappa shape index (κ1) is 11.3. The smallest absolute Gasteiger partial charge is 0.197 e. The highest BCUT2D eigenvalue weighted by Gasteiger charge is 2.07. The Bertz CT molecular complexity index is 508. The van der Waals surface area contributed by atoms with Crippen LogP contribution < -0.4 is 15.2 Å². The molecule has 3 N–H and O–H groups in total. The van der Waals surface area contributed by atoms with E-state index in [0.29, 0.717) is 12.4 Å². The molecular formula is C12H15N3O2.